The Morgan fingerprint density at radius 2 is 1.72 bits per heavy atom. The van der Waals surface area contributed by atoms with Crippen molar-refractivity contribution in [2.75, 3.05) is 46.6 Å². The van der Waals surface area contributed by atoms with E-state index in [0.29, 0.717) is 26.4 Å². The summed E-state index contributed by atoms with van der Waals surface area (Å²) in [5.74, 6) is -0.113. The van der Waals surface area contributed by atoms with Crippen LogP contribution >= 0.6 is 0 Å². The molecule has 29 heavy (non-hydrogen) atoms. The number of hydrogen-bond acceptors (Lipinski definition) is 6. The minimum absolute atomic E-state index is 0.0540. The Labute approximate surface area is 176 Å². The average molecular weight is 409 g/mol. The lowest BCUT2D eigenvalue weighted by Gasteiger charge is -2.13. The summed E-state index contributed by atoms with van der Waals surface area (Å²) in [5.41, 5.74) is 8.39. The minimum Gasteiger partial charge on any atom is -0.379 e. The molecule has 0 aliphatic heterocycles. The van der Waals surface area contributed by atoms with Crippen molar-refractivity contribution in [2.45, 2.75) is 51.7 Å². The lowest BCUT2D eigenvalue weighted by atomic mass is 10.1. The number of nitrogens with one attached hydrogen (secondary N) is 3. The van der Waals surface area contributed by atoms with Crippen molar-refractivity contribution < 1.29 is 14.3 Å². The maximum atomic E-state index is 11.8. The summed E-state index contributed by atoms with van der Waals surface area (Å²) >= 11 is 0. The molecule has 1 aromatic carbocycles. The first-order valence-corrected chi connectivity index (χ1v) is 10.8. The van der Waals surface area contributed by atoms with Gasteiger partial charge in [-0.1, -0.05) is 31.2 Å². The van der Waals surface area contributed by atoms with E-state index >= 15 is 0 Å². The highest BCUT2D eigenvalue weighted by atomic mass is 16.5. The molecule has 0 radical (unpaired) electrons. The van der Waals surface area contributed by atoms with E-state index in [0.717, 1.165) is 50.8 Å². The van der Waals surface area contributed by atoms with Crippen LogP contribution in [0.2, 0.25) is 0 Å². The standard InChI is InChI=1S/C22H40N4O3/c1-3-19-8-10-20(11-9-19)17-26-22(27)18-29-16-15-28-14-6-13-25-21(23)7-4-5-12-24-2/h8-11,21,24-25H,3-7,12-18,23H2,1-2H3,(H,26,27). The molecule has 0 spiro atoms. The van der Waals surface area contributed by atoms with E-state index in [1.54, 1.807) is 0 Å². The van der Waals surface area contributed by atoms with Gasteiger partial charge < -0.3 is 31.2 Å². The van der Waals surface area contributed by atoms with Crippen molar-refractivity contribution in [1.82, 2.24) is 16.0 Å². The van der Waals surface area contributed by atoms with E-state index in [-0.39, 0.29) is 18.7 Å². The van der Waals surface area contributed by atoms with Crippen LogP contribution < -0.4 is 21.7 Å². The zero-order valence-corrected chi connectivity index (χ0v) is 18.2. The maximum Gasteiger partial charge on any atom is 0.246 e. The van der Waals surface area contributed by atoms with Crippen LogP contribution in [0.15, 0.2) is 24.3 Å². The highest BCUT2D eigenvalue weighted by Gasteiger charge is 2.03. The second-order valence-corrected chi connectivity index (χ2v) is 7.13. The average Bonchev–Trinajstić information content (AvgIpc) is 2.74. The third-order valence-electron chi connectivity index (χ3n) is 4.59. The number of aryl methyl sites for hydroxylation is 1. The van der Waals surface area contributed by atoms with Crippen LogP contribution in [0.5, 0.6) is 0 Å². The van der Waals surface area contributed by atoms with Crippen LogP contribution in [-0.2, 0) is 27.2 Å². The number of carbonyl (C=O) groups is 1. The van der Waals surface area contributed by atoms with E-state index in [9.17, 15) is 4.79 Å². The molecule has 0 bridgehead atoms. The summed E-state index contributed by atoms with van der Waals surface area (Å²) in [6, 6.07) is 8.26. The summed E-state index contributed by atoms with van der Waals surface area (Å²) in [7, 11) is 1.96. The van der Waals surface area contributed by atoms with Crippen LogP contribution in [-0.4, -0.2) is 58.6 Å². The predicted molar refractivity (Wildman–Crippen MR) is 118 cm³/mol. The highest BCUT2D eigenvalue weighted by molar-refractivity contribution is 5.77. The smallest absolute Gasteiger partial charge is 0.246 e. The summed E-state index contributed by atoms with van der Waals surface area (Å²) in [4.78, 5) is 11.8. The zero-order chi connectivity index (χ0) is 21.2. The minimum atomic E-state index is -0.113. The van der Waals surface area contributed by atoms with Gasteiger partial charge >= 0.3 is 0 Å². The molecule has 1 atom stereocenters. The Bertz CT molecular complexity index is 525. The number of ether oxygens (including phenoxy) is 2. The third-order valence-corrected chi connectivity index (χ3v) is 4.59. The van der Waals surface area contributed by atoms with Crippen LogP contribution in [0.1, 0.15) is 43.7 Å². The quantitative estimate of drug-likeness (QED) is 0.217. The first kappa shape index (κ1) is 25.5. The lowest BCUT2D eigenvalue weighted by Crippen LogP contribution is -2.38. The Morgan fingerprint density at radius 1 is 1.00 bits per heavy atom. The Balaban J connectivity index is 1.89. The van der Waals surface area contributed by atoms with Crippen LogP contribution in [0.3, 0.4) is 0 Å². The Hall–Kier alpha value is -1.51. The van der Waals surface area contributed by atoms with Crippen molar-refractivity contribution in [3.8, 4) is 0 Å². The summed E-state index contributed by atoms with van der Waals surface area (Å²) in [5, 5.41) is 9.30. The first-order chi connectivity index (χ1) is 14.2. The molecule has 0 aliphatic rings. The Kier molecular flexibility index (Phi) is 15.3. The van der Waals surface area contributed by atoms with Gasteiger partial charge in [0.25, 0.3) is 0 Å². The molecule has 0 saturated carbocycles. The molecule has 5 N–H and O–H groups in total. The van der Waals surface area contributed by atoms with Crippen LogP contribution in [0.25, 0.3) is 0 Å². The molecule has 1 unspecified atom stereocenters. The number of unbranched alkanes of at least 4 members (excludes halogenated alkanes) is 1. The second-order valence-electron chi connectivity index (χ2n) is 7.13. The molecule has 0 heterocycles. The summed E-state index contributed by atoms with van der Waals surface area (Å²) in [6.07, 6.45) is 5.24. The van der Waals surface area contributed by atoms with Crippen molar-refractivity contribution in [3.05, 3.63) is 35.4 Å². The van der Waals surface area contributed by atoms with E-state index < -0.39 is 0 Å². The topological polar surface area (TPSA) is 97.6 Å². The summed E-state index contributed by atoms with van der Waals surface area (Å²) < 4.78 is 10.9. The van der Waals surface area contributed by atoms with Gasteiger partial charge in [-0.25, -0.2) is 0 Å². The molecule has 0 aromatic heterocycles. The molecule has 1 aromatic rings. The Morgan fingerprint density at radius 3 is 2.45 bits per heavy atom. The van der Waals surface area contributed by atoms with Gasteiger partial charge in [-0.05, 0) is 63.4 Å². The van der Waals surface area contributed by atoms with Crippen molar-refractivity contribution in [1.29, 1.82) is 0 Å². The number of amides is 1. The molecular formula is C22H40N4O3. The SMILES string of the molecule is CCc1ccc(CNC(=O)COCCOCCCNC(N)CCCCNC)cc1. The van der Waals surface area contributed by atoms with Crippen LogP contribution in [0, 0.1) is 0 Å². The lowest BCUT2D eigenvalue weighted by molar-refractivity contribution is -0.126. The van der Waals surface area contributed by atoms with Gasteiger partial charge in [-0.15, -0.1) is 0 Å². The van der Waals surface area contributed by atoms with Gasteiger partial charge in [-0.2, -0.15) is 0 Å². The maximum absolute atomic E-state index is 11.8. The van der Waals surface area contributed by atoms with Gasteiger partial charge in [0.05, 0.1) is 19.4 Å². The van der Waals surface area contributed by atoms with Gasteiger partial charge in [0, 0.05) is 13.2 Å². The van der Waals surface area contributed by atoms with Crippen molar-refractivity contribution in [2.24, 2.45) is 5.73 Å². The van der Waals surface area contributed by atoms with Crippen LogP contribution in [0.4, 0.5) is 0 Å². The largest absolute Gasteiger partial charge is 0.379 e. The molecule has 7 heteroatoms. The van der Waals surface area contributed by atoms with E-state index in [2.05, 4.69) is 35.0 Å². The van der Waals surface area contributed by atoms with E-state index in [4.69, 9.17) is 15.2 Å². The second kappa shape index (κ2) is 17.4. The van der Waals surface area contributed by atoms with E-state index in [1.165, 1.54) is 5.56 Å². The molecule has 7 nitrogen and oxygen atoms in total. The highest BCUT2D eigenvalue weighted by Crippen LogP contribution is 2.04. The fourth-order valence-corrected chi connectivity index (χ4v) is 2.76. The predicted octanol–water partition coefficient (Wildman–Crippen LogP) is 1.55. The molecule has 0 saturated heterocycles. The number of hydrogen-bond donors (Lipinski definition) is 4. The van der Waals surface area contributed by atoms with Crippen molar-refractivity contribution >= 4 is 5.91 Å². The third kappa shape index (κ3) is 14.2. The molecule has 0 aliphatic carbocycles. The molecule has 166 valence electrons. The molecular weight excluding hydrogens is 368 g/mol. The number of rotatable bonds is 18. The normalized spacial score (nSPS) is 12.1. The molecule has 0 fully saturated rings. The molecule has 1 rings (SSSR count). The van der Waals surface area contributed by atoms with E-state index in [1.807, 2.05) is 19.2 Å². The number of benzene rings is 1. The van der Waals surface area contributed by atoms with Gasteiger partial charge in [0.2, 0.25) is 5.91 Å². The van der Waals surface area contributed by atoms with Gasteiger partial charge in [0.15, 0.2) is 0 Å². The molecule has 1 amide bonds. The zero-order valence-electron chi connectivity index (χ0n) is 18.2. The number of carbonyl (C=O) groups excluding carboxylic acids is 1. The van der Waals surface area contributed by atoms with Crippen molar-refractivity contribution in [3.63, 3.8) is 0 Å². The fraction of sp³-hybridized carbons (Fsp3) is 0.682. The summed E-state index contributed by atoms with van der Waals surface area (Å²) in [6.45, 7) is 6.14. The van der Waals surface area contributed by atoms with Gasteiger partial charge in [0.1, 0.15) is 6.61 Å². The van der Waals surface area contributed by atoms with Gasteiger partial charge in [-0.3, -0.25) is 4.79 Å². The monoisotopic (exact) mass is 408 g/mol. The first-order valence-electron chi connectivity index (χ1n) is 10.8. The number of nitrogens with two attached hydrogens (primary N) is 1. The fourth-order valence-electron chi connectivity index (χ4n) is 2.76.